The highest BCUT2D eigenvalue weighted by Gasteiger charge is 2.23. The first-order valence-corrected chi connectivity index (χ1v) is 10.5. The van der Waals surface area contributed by atoms with Crippen LogP contribution in [0, 0.1) is 19.8 Å². The minimum Gasteiger partial charge on any atom is -0.376 e. The van der Waals surface area contributed by atoms with E-state index in [1.807, 2.05) is 6.92 Å². The fraction of sp³-hybridized carbons (Fsp3) is 0.833. The van der Waals surface area contributed by atoms with Gasteiger partial charge in [0.1, 0.15) is 0 Å². The second-order valence-corrected chi connectivity index (χ2v) is 8.62. The fourth-order valence-electron chi connectivity index (χ4n) is 3.90. The number of imidazole rings is 1. The Labute approximate surface area is 142 Å². The summed E-state index contributed by atoms with van der Waals surface area (Å²) in [7, 11) is -0.988. The Balaban J connectivity index is 1.60. The molecule has 1 aliphatic carbocycles. The minimum absolute atomic E-state index is 0.261. The van der Waals surface area contributed by atoms with Crippen molar-refractivity contribution in [1.82, 2.24) is 9.55 Å². The highest BCUT2D eigenvalue weighted by Crippen LogP contribution is 2.29. The summed E-state index contributed by atoms with van der Waals surface area (Å²) in [6.07, 6.45) is 10.3. The second kappa shape index (κ2) is 7.93. The maximum absolute atomic E-state index is 12.8. The molecular weight excluding hydrogens is 308 g/mol. The maximum Gasteiger partial charge on any atom is 0.199 e. The van der Waals surface area contributed by atoms with Gasteiger partial charge in [0, 0.05) is 18.1 Å². The van der Waals surface area contributed by atoms with Crippen LogP contribution in [0.3, 0.4) is 0 Å². The Kier molecular flexibility index (Phi) is 5.91. The van der Waals surface area contributed by atoms with Crippen LogP contribution in [-0.2, 0) is 22.1 Å². The number of rotatable bonds is 7. The van der Waals surface area contributed by atoms with Crippen molar-refractivity contribution >= 4 is 10.8 Å². The number of aryl methyl sites for hydroxylation is 1. The molecule has 0 amide bonds. The topological polar surface area (TPSA) is 44.1 Å². The van der Waals surface area contributed by atoms with Crippen molar-refractivity contribution in [1.29, 1.82) is 0 Å². The SMILES string of the molecule is Cc1nc(S(=O)CCCC2CCCC2)n(CC2CCCO2)c1C. The molecule has 2 unspecified atom stereocenters. The van der Waals surface area contributed by atoms with Gasteiger partial charge in [-0.2, -0.15) is 0 Å². The van der Waals surface area contributed by atoms with E-state index in [2.05, 4.69) is 16.5 Å². The number of ether oxygens (including phenoxy) is 1. The lowest BCUT2D eigenvalue weighted by Crippen LogP contribution is -2.19. The van der Waals surface area contributed by atoms with Gasteiger partial charge in [-0.3, -0.25) is 4.21 Å². The Bertz CT molecular complexity index is 543. The quantitative estimate of drug-likeness (QED) is 0.760. The normalized spacial score (nSPS) is 23.7. The third kappa shape index (κ3) is 4.24. The summed E-state index contributed by atoms with van der Waals surface area (Å²) in [6.45, 7) is 5.75. The first-order valence-electron chi connectivity index (χ1n) is 9.19. The van der Waals surface area contributed by atoms with Crippen LogP contribution in [0.1, 0.15) is 62.8 Å². The standard InChI is InChI=1S/C18H30N2O2S/c1-14-15(2)20(13-17-10-5-11-22-17)18(19-14)23(21)12-6-9-16-7-3-4-8-16/h16-17H,3-13H2,1-2H3. The van der Waals surface area contributed by atoms with Crippen LogP contribution in [-0.4, -0.2) is 32.2 Å². The number of nitrogens with zero attached hydrogens (tertiary/aromatic N) is 2. The second-order valence-electron chi connectivity index (χ2n) is 7.15. The molecule has 1 saturated carbocycles. The Hall–Kier alpha value is -0.680. The van der Waals surface area contributed by atoms with Gasteiger partial charge in [-0.1, -0.05) is 25.7 Å². The zero-order chi connectivity index (χ0) is 16.2. The molecule has 2 heterocycles. The van der Waals surface area contributed by atoms with Crippen LogP contribution < -0.4 is 0 Å². The first-order chi connectivity index (χ1) is 11.1. The molecule has 0 N–H and O–H groups in total. The van der Waals surface area contributed by atoms with Crippen molar-refractivity contribution < 1.29 is 8.95 Å². The van der Waals surface area contributed by atoms with E-state index in [0.29, 0.717) is 0 Å². The lowest BCUT2D eigenvalue weighted by atomic mass is 10.0. The van der Waals surface area contributed by atoms with E-state index < -0.39 is 10.8 Å². The number of hydrogen-bond acceptors (Lipinski definition) is 3. The minimum atomic E-state index is -0.988. The van der Waals surface area contributed by atoms with Gasteiger partial charge in [0.2, 0.25) is 0 Å². The van der Waals surface area contributed by atoms with Gasteiger partial charge in [0.05, 0.1) is 29.1 Å². The molecule has 2 aliphatic rings. The molecule has 130 valence electrons. The van der Waals surface area contributed by atoms with Crippen molar-refractivity contribution in [2.45, 2.75) is 83.0 Å². The summed E-state index contributed by atoms with van der Waals surface area (Å²) in [5.41, 5.74) is 2.14. The average Bonchev–Trinajstić information content (AvgIpc) is 3.26. The van der Waals surface area contributed by atoms with Crippen LogP contribution in [0.2, 0.25) is 0 Å². The van der Waals surface area contributed by atoms with Gasteiger partial charge in [-0.05, 0) is 45.4 Å². The monoisotopic (exact) mass is 338 g/mol. The molecule has 0 bridgehead atoms. The van der Waals surface area contributed by atoms with E-state index in [1.165, 1.54) is 32.1 Å². The summed E-state index contributed by atoms with van der Waals surface area (Å²) in [4.78, 5) is 4.61. The molecule has 1 aromatic heterocycles. The van der Waals surface area contributed by atoms with E-state index in [-0.39, 0.29) is 6.10 Å². The largest absolute Gasteiger partial charge is 0.376 e. The molecule has 1 aromatic rings. The van der Waals surface area contributed by atoms with Gasteiger partial charge in [-0.15, -0.1) is 0 Å². The summed E-state index contributed by atoms with van der Waals surface area (Å²) >= 11 is 0. The molecule has 4 nitrogen and oxygen atoms in total. The molecule has 0 radical (unpaired) electrons. The molecular formula is C18H30N2O2S. The Morgan fingerprint density at radius 3 is 2.70 bits per heavy atom. The molecule has 2 fully saturated rings. The Morgan fingerprint density at radius 1 is 1.22 bits per heavy atom. The van der Waals surface area contributed by atoms with Crippen LogP contribution >= 0.6 is 0 Å². The predicted molar refractivity (Wildman–Crippen MR) is 93.1 cm³/mol. The van der Waals surface area contributed by atoms with Crippen molar-refractivity contribution in [3.63, 3.8) is 0 Å². The maximum atomic E-state index is 12.8. The van der Waals surface area contributed by atoms with E-state index in [4.69, 9.17) is 4.74 Å². The molecule has 0 aromatic carbocycles. The molecule has 1 aliphatic heterocycles. The van der Waals surface area contributed by atoms with Crippen molar-refractivity contribution in [3.05, 3.63) is 11.4 Å². The lowest BCUT2D eigenvalue weighted by molar-refractivity contribution is 0.0944. The molecule has 3 rings (SSSR count). The summed E-state index contributed by atoms with van der Waals surface area (Å²) < 4.78 is 20.7. The lowest BCUT2D eigenvalue weighted by Gasteiger charge is -2.15. The van der Waals surface area contributed by atoms with Crippen molar-refractivity contribution in [2.75, 3.05) is 12.4 Å². The van der Waals surface area contributed by atoms with Gasteiger partial charge < -0.3 is 9.30 Å². The average molecular weight is 339 g/mol. The predicted octanol–water partition coefficient (Wildman–Crippen LogP) is 3.76. The summed E-state index contributed by atoms with van der Waals surface area (Å²) in [5.74, 6) is 1.62. The molecule has 5 heteroatoms. The van der Waals surface area contributed by atoms with Gasteiger partial charge >= 0.3 is 0 Å². The van der Waals surface area contributed by atoms with Gasteiger partial charge in [0.25, 0.3) is 0 Å². The van der Waals surface area contributed by atoms with E-state index >= 15 is 0 Å². The third-order valence-corrected chi connectivity index (χ3v) is 6.83. The fourth-order valence-corrected chi connectivity index (χ4v) is 5.21. The van der Waals surface area contributed by atoms with Crippen LogP contribution in [0.15, 0.2) is 5.16 Å². The van der Waals surface area contributed by atoms with Crippen molar-refractivity contribution in [2.24, 2.45) is 5.92 Å². The highest BCUT2D eigenvalue weighted by atomic mass is 32.2. The van der Waals surface area contributed by atoms with E-state index in [0.717, 1.165) is 60.6 Å². The number of hydrogen-bond donors (Lipinski definition) is 0. The number of aromatic nitrogens is 2. The molecule has 0 spiro atoms. The Morgan fingerprint density at radius 2 is 2.00 bits per heavy atom. The summed E-state index contributed by atoms with van der Waals surface area (Å²) in [5, 5.41) is 0.766. The van der Waals surface area contributed by atoms with Crippen LogP contribution in [0.5, 0.6) is 0 Å². The molecule has 1 saturated heterocycles. The third-order valence-electron chi connectivity index (χ3n) is 5.45. The van der Waals surface area contributed by atoms with Crippen LogP contribution in [0.25, 0.3) is 0 Å². The van der Waals surface area contributed by atoms with E-state index in [1.54, 1.807) is 0 Å². The first kappa shape index (κ1) is 17.2. The van der Waals surface area contributed by atoms with Gasteiger partial charge in [-0.25, -0.2) is 4.98 Å². The zero-order valence-corrected chi connectivity index (χ0v) is 15.4. The molecule has 2 atom stereocenters. The zero-order valence-electron chi connectivity index (χ0n) is 14.6. The smallest absolute Gasteiger partial charge is 0.199 e. The summed E-state index contributed by atoms with van der Waals surface area (Å²) in [6, 6.07) is 0. The highest BCUT2D eigenvalue weighted by molar-refractivity contribution is 7.84. The molecule has 23 heavy (non-hydrogen) atoms. The van der Waals surface area contributed by atoms with E-state index in [9.17, 15) is 4.21 Å². The van der Waals surface area contributed by atoms with Gasteiger partial charge in [0.15, 0.2) is 5.16 Å². The van der Waals surface area contributed by atoms with Crippen molar-refractivity contribution in [3.8, 4) is 0 Å². The van der Waals surface area contributed by atoms with Crippen LogP contribution in [0.4, 0.5) is 0 Å².